The molecule has 1 atom stereocenters. The first-order valence-electron chi connectivity index (χ1n) is 4.87. The molecule has 13 heavy (non-hydrogen) atoms. The largest absolute Gasteiger partial charge is 0.378 e. The molecule has 1 aliphatic heterocycles. The summed E-state index contributed by atoms with van der Waals surface area (Å²) in [5.74, 6) is 0.183. The standard InChI is InChI=1S/C9H16N2O2/c1-11(7-2-3-7)9(12)8-6-13-5-4-10-8/h7-8,10H,2-6H2,1H3/t8-/m1/s1. The lowest BCUT2D eigenvalue weighted by molar-refractivity contribution is -0.135. The molecule has 0 aromatic heterocycles. The van der Waals surface area contributed by atoms with Crippen molar-refractivity contribution in [3.05, 3.63) is 0 Å². The summed E-state index contributed by atoms with van der Waals surface area (Å²) in [6.45, 7) is 2.03. The number of ether oxygens (including phenoxy) is 1. The Morgan fingerprint density at radius 1 is 1.54 bits per heavy atom. The van der Waals surface area contributed by atoms with Crippen LogP contribution in [0.3, 0.4) is 0 Å². The maximum atomic E-state index is 11.8. The maximum absolute atomic E-state index is 11.8. The zero-order valence-corrected chi connectivity index (χ0v) is 7.95. The number of rotatable bonds is 2. The predicted octanol–water partition coefficient (Wildman–Crippen LogP) is -0.404. The number of carbonyl (C=O) groups excluding carboxylic acids is 1. The van der Waals surface area contributed by atoms with Gasteiger partial charge in [0, 0.05) is 19.6 Å². The van der Waals surface area contributed by atoms with Crippen molar-refractivity contribution >= 4 is 5.91 Å². The lowest BCUT2D eigenvalue weighted by Gasteiger charge is -2.27. The molecule has 0 aromatic rings. The lowest BCUT2D eigenvalue weighted by atomic mass is 10.2. The lowest BCUT2D eigenvalue weighted by Crippen LogP contribution is -2.52. The van der Waals surface area contributed by atoms with Gasteiger partial charge in [-0.3, -0.25) is 4.79 Å². The van der Waals surface area contributed by atoms with E-state index in [1.54, 1.807) is 0 Å². The Bertz CT molecular complexity index is 198. The van der Waals surface area contributed by atoms with E-state index in [2.05, 4.69) is 5.32 Å². The summed E-state index contributed by atoms with van der Waals surface area (Å²) in [5.41, 5.74) is 0. The molecular formula is C9H16N2O2. The summed E-state index contributed by atoms with van der Waals surface area (Å²) in [7, 11) is 1.89. The van der Waals surface area contributed by atoms with Crippen molar-refractivity contribution in [2.24, 2.45) is 0 Å². The van der Waals surface area contributed by atoms with Gasteiger partial charge in [-0.25, -0.2) is 0 Å². The first kappa shape index (κ1) is 8.97. The molecular weight excluding hydrogens is 168 g/mol. The number of nitrogens with zero attached hydrogens (tertiary/aromatic N) is 1. The monoisotopic (exact) mass is 184 g/mol. The summed E-state index contributed by atoms with van der Waals surface area (Å²) in [6.07, 6.45) is 2.33. The molecule has 1 amide bonds. The van der Waals surface area contributed by atoms with Crippen molar-refractivity contribution in [3.63, 3.8) is 0 Å². The van der Waals surface area contributed by atoms with E-state index in [1.807, 2.05) is 11.9 Å². The zero-order valence-electron chi connectivity index (χ0n) is 7.95. The van der Waals surface area contributed by atoms with Crippen LogP contribution in [-0.4, -0.2) is 49.7 Å². The number of hydrogen-bond acceptors (Lipinski definition) is 3. The molecule has 2 rings (SSSR count). The molecule has 0 bridgehead atoms. The Morgan fingerprint density at radius 3 is 2.85 bits per heavy atom. The summed E-state index contributed by atoms with van der Waals surface area (Å²) in [5, 5.41) is 3.17. The average Bonchev–Trinajstić information content (AvgIpc) is 3.00. The first-order chi connectivity index (χ1) is 6.29. The normalized spacial score (nSPS) is 28.5. The summed E-state index contributed by atoms with van der Waals surface area (Å²) in [6, 6.07) is 0.385. The highest BCUT2D eigenvalue weighted by atomic mass is 16.5. The van der Waals surface area contributed by atoms with Crippen molar-refractivity contribution in [2.75, 3.05) is 26.8 Å². The zero-order chi connectivity index (χ0) is 9.26. The molecule has 74 valence electrons. The molecule has 1 N–H and O–H groups in total. The fraction of sp³-hybridized carbons (Fsp3) is 0.889. The number of amides is 1. The smallest absolute Gasteiger partial charge is 0.242 e. The number of morpholine rings is 1. The molecule has 2 aliphatic rings. The third-order valence-electron chi connectivity index (χ3n) is 2.66. The first-order valence-corrected chi connectivity index (χ1v) is 4.87. The van der Waals surface area contributed by atoms with Gasteiger partial charge in [0.25, 0.3) is 0 Å². The van der Waals surface area contributed by atoms with E-state index < -0.39 is 0 Å². The van der Waals surface area contributed by atoms with Crippen molar-refractivity contribution in [2.45, 2.75) is 24.9 Å². The third kappa shape index (κ3) is 2.00. The van der Waals surface area contributed by atoms with Gasteiger partial charge >= 0.3 is 0 Å². The number of carbonyl (C=O) groups is 1. The predicted molar refractivity (Wildman–Crippen MR) is 48.4 cm³/mol. The van der Waals surface area contributed by atoms with Gasteiger partial charge in [0.2, 0.25) is 5.91 Å². The second-order valence-corrected chi connectivity index (χ2v) is 3.76. The molecule has 0 radical (unpaired) electrons. The second kappa shape index (κ2) is 3.64. The van der Waals surface area contributed by atoms with E-state index in [-0.39, 0.29) is 11.9 Å². The van der Waals surface area contributed by atoms with Crippen molar-refractivity contribution < 1.29 is 9.53 Å². The van der Waals surface area contributed by atoms with Crippen LogP contribution in [0, 0.1) is 0 Å². The van der Waals surface area contributed by atoms with Crippen LogP contribution in [0.2, 0.25) is 0 Å². The Hall–Kier alpha value is -0.610. The maximum Gasteiger partial charge on any atom is 0.242 e. The number of hydrogen-bond donors (Lipinski definition) is 1. The van der Waals surface area contributed by atoms with E-state index in [0.29, 0.717) is 12.6 Å². The van der Waals surface area contributed by atoms with E-state index >= 15 is 0 Å². The van der Waals surface area contributed by atoms with Gasteiger partial charge in [-0.1, -0.05) is 0 Å². The fourth-order valence-electron chi connectivity index (χ4n) is 1.61. The van der Waals surface area contributed by atoms with Crippen LogP contribution >= 0.6 is 0 Å². The molecule has 1 heterocycles. The van der Waals surface area contributed by atoms with Gasteiger partial charge in [0.05, 0.1) is 13.2 Å². The molecule has 0 spiro atoms. The molecule has 2 fully saturated rings. The Morgan fingerprint density at radius 2 is 2.31 bits per heavy atom. The SMILES string of the molecule is CN(C(=O)[C@H]1COCCN1)C1CC1. The Balaban J connectivity index is 1.86. The minimum absolute atomic E-state index is 0.112. The topological polar surface area (TPSA) is 41.6 Å². The molecule has 1 saturated carbocycles. The highest BCUT2D eigenvalue weighted by Crippen LogP contribution is 2.25. The average molecular weight is 184 g/mol. The van der Waals surface area contributed by atoms with E-state index in [0.717, 1.165) is 26.0 Å². The van der Waals surface area contributed by atoms with Gasteiger partial charge < -0.3 is 15.0 Å². The number of nitrogens with one attached hydrogen (secondary N) is 1. The van der Waals surface area contributed by atoms with E-state index in [9.17, 15) is 4.79 Å². The molecule has 1 saturated heterocycles. The van der Waals surface area contributed by atoms with Gasteiger partial charge in [-0.05, 0) is 12.8 Å². The van der Waals surface area contributed by atoms with Crippen LogP contribution in [0.25, 0.3) is 0 Å². The van der Waals surface area contributed by atoms with E-state index in [4.69, 9.17) is 4.74 Å². The molecule has 4 heteroatoms. The highest BCUT2D eigenvalue weighted by Gasteiger charge is 2.33. The molecule has 1 aliphatic carbocycles. The number of likely N-dealkylation sites (N-methyl/N-ethyl adjacent to an activating group) is 1. The Labute approximate surface area is 78.2 Å². The summed E-state index contributed by atoms with van der Waals surface area (Å²) < 4.78 is 5.24. The van der Waals surface area contributed by atoms with Crippen molar-refractivity contribution in [1.82, 2.24) is 10.2 Å². The summed E-state index contributed by atoms with van der Waals surface area (Å²) >= 11 is 0. The van der Waals surface area contributed by atoms with E-state index in [1.165, 1.54) is 0 Å². The quantitative estimate of drug-likeness (QED) is 0.634. The summed E-state index contributed by atoms with van der Waals surface area (Å²) in [4.78, 5) is 13.6. The van der Waals surface area contributed by atoms with Crippen LogP contribution < -0.4 is 5.32 Å². The third-order valence-corrected chi connectivity index (χ3v) is 2.66. The van der Waals surface area contributed by atoms with Crippen LogP contribution in [0.15, 0.2) is 0 Å². The fourth-order valence-corrected chi connectivity index (χ4v) is 1.61. The molecule has 4 nitrogen and oxygen atoms in total. The van der Waals surface area contributed by atoms with Crippen molar-refractivity contribution in [1.29, 1.82) is 0 Å². The van der Waals surface area contributed by atoms with Crippen LogP contribution in [0.5, 0.6) is 0 Å². The minimum Gasteiger partial charge on any atom is -0.378 e. The molecule has 0 unspecified atom stereocenters. The van der Waals surface area contributed by atoms with Crippen LogP contribution in [-0.2, 0) is 9.53 Å². The highest BCUT2D eigenvalue weighted by molar-refractivity contribution is 5.82. The van der Waals surface area contributed by atoms with Gasteiger partial charge in [0.15, 0.2) is 0 Å². The van der Waals surface area contributed by atoms with Crippen LogP contribution in [0.1, 0.15) is 12.8 Å². The van der Waals surface area contributed by atoms with Crippen molar-refractivity contribution in [3.8, 4) is 0 Å². The minimum atomic E-state index is -0.112. The van der Waals surface area contributed by atoms with Gasteiger partial charge in [0.1, 0.15) is 6.04 Å². The van der Waals surface area contributed by atoms with Gasteiger partial charge in [-0.15, -0.1) is 0 Å². The van der Waals surface area contributed by atoms with Gasteiger partial charge in [-0.2, -0.15) is 0 Å². The second-order valence-electron chi connectivity index (χ2n) is 3.76. The Kier molecular flexibility index (Phi) is 2.51. The van der Waals surface area contributed by atoms with Crippen LogP contribution in [0.4, 0.5) is 0 Å². The molecule has 0 aromatic carbocycles.